The first kappa shape index (κ1) is 15.3. The zero-order chi connectivity index (χ0) is 15.4. The second kappa shape index (κ2) is 7.08. The minimum Gasteiger partial charge on any atom is -0.381 e. The summed E-state index contributed by atoms with van der Waals surface area (Å²) in [7, 11) is 0. The fourth-order valence-electron chi connectivity index (χ4n) is 3.33. The normalized spacial score (nSPS) is 20.8. The molecule has 1 aromatic rings. The van der Waals surface area contributed by atoms with Gasteiger partial charge in [-0.1, -0.05) is 0 Å². The Morgan fingerprint density at radius 2 is 1.95 bits per heavy atom. The summed E-state index contributed by atoms with van der Waals surface area (Å²) >= 11 is 0. The molecule has 0 saturated carbocycles. The van der Waals surface area contributed by atoms with Crippen LogP contribution in [0.3, 0.4) is 0 Å². The van der Waals surface area contributed by atoms with E-state index in [1.54, 1.807) is 0 Å². The van der Waals surface area contributed by atoms with Crippen LogP contribution in [-0.2, 0) is 4.74 Å². The van der Waals surface area contributed by atoms with Crippen molar-refractivity contribution in [3.05, 3.63) is 23.4 Å². The first-order valence-corrected chi connectivity index (χ1v) is 8.18. The Morgan fingerprint density at radius 3 is 2.64 bits per heavy atom. The quantitative estimate of drug-likeness (QED) is 0.852. The molecule has 0 aliphatic carbocycles. The topological polar surface area (TPSA) is 52.4 Å². The molecular weight excluding hydrogens is 276 g/mol. The molecule has 2 saturated heterocycles. The van der Waals surface area contributed by atoms with Gasteiger partial charge in [0.15, 0.2) is 0 Å². The Balaban J connectivity index is 1.55. The molecule has 22 heavy (non-hydrogen) atoms. The van der Waals surface area contributed by atoms with Crippen molar-refractivity contribution in [3.8, 4) is 6.07 Å². The lowest BCUT2D eigenvalue weighted by Gasteiger charge is -2.37. The van der Waals surface area contributed by atoms with E-state index in [0.717, 1.165) is 56.8 Å². The molecule has 5 nitrogen and oxygen atoms in total. The Kier molecular flexibility index (Phi) is 4.91. The maximum atomic E-state index is 9.09. The highest BCUT2D eigenvalue weighted by Gasteiger charge is 2.22. The highest BCUT2D eigenvalue weighted by atomic mass is 16.5. The maximum absolute atomic E-state index is 9.09. The van der Waals surface area contributed by atoms with E-state index in [2.05, 4.69) is 20.9 Å². The third kappa shape index (κ3) is 3.76. The number of pyridine rings is 1. The molecule has 0 unspecified atom stereocenters. The summed E-state index contributed by atoms with van der Waals surface area (Å²) in [4.78, 5) is 9.45. The van der Waals surface area contributed by atoms with Crippen LogP contribution in [0.1, 0.15) is 24.1 Å². The lowest BCUT2D eigenvalue weighted by Crippen LogP contribution is -2.48. The van der Waals surface area contributed by atoms with Gasteiger partial charge in [0, 0.05) is 51.6 Å². The molecule has 118 valence electrons. The molecule has 2 aliphatic heterocycles. The number of rotatable bonds is 3. The molecule has 5 heteroatoms. The molecule has 0 aromatic carbocycles. The molecule has 0 amide bonds. The summed E-state index contributed by atoms with van der Waals surface area (Å²) < 4.78 is 5.44. The van der Waals surface area contributed by atoms with Crippen molar-refractivity contribution in [2.45, 2.75) is 19.8 Å². The Hall–Kier alpha value is -1.64. The van der Waals surface area contributed by atoms with E-state index >= 15 is 0 Å². The van der Waals surface area contributed by atoms with Gasteiger partial charge >= 0.3 is 0 Å². The predicted octanol–water partition coefficient (Wildman–Crippen LogP) is 1.81. The summed E-state index contributed by atoms with van der Waals surface area (Å²) in [6, 6.07) is 5.96. The maximum Gasteiger partial charge on any atom is 0.130 e. The van der Waals surface area contributed by atoms with E-state index in [1.807, 2.05) is 19.1 Å². The van der Waals surface area contributed by atoms with E-state index in [-0.39, 0.29) is 0 Å². The standard InChI is InChI=1S/C17H24N4O/c1-14-10-16(12-18)11-17(19-14)21-6-4-20(5-7-21)13-15-2-8-22-9-3-15/h10-11,15H,2-9,13H2,1H3. The SMILES string of the molecule is Cc1cc(C#N)cc(N2CCN(CC3CCOCC3)CC2)n1. The number of piperazine rings is 1. The number of nitriles is 1. The highest BCUT2D eigenvalue weighted by molar-refractivity contribution is 5.47. The number of hydrogen-bond donors (Lipinski definition) is 0. The van der Waals surface area contributed by atoms with Crippen molar-refractivity contribution in [2.24, 2.45) is 5.92 Å². The van der Waals surface area contributed by atoms with Gasteiger partial charge in [-0.15, -0.1) is 0 Å². The zero-order valence-corrected chi connectivity index (χ0v) is 13.3. The van der Waals surface area contributed by atoms with Crippen molar-refractivity contribution in [1.29, 1.82) is 5.26 Å². The van der Waals surface area contributed by atoms with Gasteiger partial charge in [0.1, 0.15) is 5.82 Å². The van der Waals surface area contributed by atoms with Crippen LogP contribution in [0.2, 0.25) is 0 Å². The van der Waals surface area contributed by atoms with E-state index in [9.17, 15) is 0 Å². The third-order valence-corrected chi connectivity index (χ3v) is 4.62. The average molecular weight is 300 g/mol. The van der Waals surface area contributed by atoms with Crippen molar-refractivity contribution in [2.75, 3.05) is 50.8 Å². The van der Waals surface area contributed by atoms with E-state index in [4.69, 9.17) is 10.00 Å². The van der Waals surface area contributed by atoms with Gasteiger partial charge in [0.25, 0.3) is 0 Å². The predicted molar refractivity (Wildman–Crippen MR) is 85.9 cm³/mol. The highest BCUT2D eigenvalue weighted by Crippen LogP contribution is 2.20. The zero-order valence-electron chi connectivity index (χ0n) is 13.3. The van der Waals surface area contributed by atoms with Gasteiger partial charge in [-0.2, -0.15) is 5.26 Å². The molecule has 1 aromatic heterocycles. The summed E-state index contributed by atoms with van der Waals surface area (Å²) in [5, 5.41) is 9.09. The molecule has 3 heterocycles. The molecule has 0 spiro atoms. The van der Waals surface area contributed by atoms with Crippen LogP contribution in [0.25, 0.3) is 0 Å². The largest absolute Gasteiger partial charge is 0.381 e. The minimum atomic E-state index is 0.701. The van der Waals surface area contributed by atoms with E-state index in [1.165, 1.54) is 19.4 Å². The fourth-order valence-corrected chi connectivity index (χ4v) is 3.33. The second-order valence-corrected chi connectivity index (χ2v) is 6.31. The number of ether oxygens (including phenoxy) is 1. The van der Waals surface area contributed by atoms with Gasteiger partial charge in [-0.05, 0) is 37.8 Å². The monoisotopic (exact) mass is 300 g/mol. The molecule has 0 bridgehead atoms. The van der Waals surface area contributed by atoms with Gasteiger partial charge in [-0.3, -0.25) is 4.90 Å². The number of anilines is 1. The molecular formula is C17H24N4O. The van der Waals surface area contributed by atoms with E-state index in [0.29, 0.717) is 5.56 Å². The van der Waals surface area contributed by atoms with Gasteiger partial charge < -0.3 is 9.64 Å². The van der Waals surface area contributed by atoms with Crippen molar-refractivity contribution < 1.29 is 4.74 Å². The van der Waals surface area contributed by atoms with Gasteiger partial charge in [0.2, 0.25) is 0 Å². The Morgan fingerprint density at radius 1 is 1.23 bits per heavy atom. The number of aryl methyl sites for hydroxylation is 1. The van der Waals surface area contributed by atoms with Gasteiger partial charge in [0.05, 0.1) is 11.6 Å². The smallest absolute Gasteiger partial charge is 0.130 e. The van der Waals surface area contributed by atoms with E-state index < -0.39 is 0 Å². The first-order chi connectivity index (χ1) is 10.7. The minimum absolute atomic E-state index is 0.701. The summed E-state index contributed by atoms with van der Waals surface area (Å²) in [5.74, 6) is 1.74. The second-order valence-electron chi connectivity index (χ2n) is 6.31. The lowest BCUT2D eigenvalue weighted by molar-refractivity contribution is 0.0517. The van der Waals surface area contributed by atoms with Crippen LogP contribution in [0.4, 0.5) is 5.82 Å². The van der Waals surface area contributed by atoms with Crippen LogP contribution in [0.5, 0.6) is 0 Å². The summed E-state index contributed by atoms with van der Waals surface area (Å²) in [6.07, 6.45) is 2.40. The van der Waals surface area contributed by atoms with Crippen molar-refractivity contribution in [3.63, 3.8) is 0 Å². The van der Waals surface area contributed by atoms with Crippen molar-refractivity contribution >= 4 is 5.82 Å². The average Bonchev–Trinajstić information content (AvgIpc) is 2.56. The van der Waals surface area contributed by atoms with Crippen LogP contribution in [-0.4, -0.2) is 55.8 Å². The Bertz CT molecular complexity index is 540. The molecule has 2 aliphatic rings. The molecule has 0 N–H and O–H groups in total. The van der Waals surface area contributed by atoms with Crippen molar-refractivity contribution in [1.82, 2.24) is 9.88 Å². The molecule has 0 radical (unpaired) electrons. The fraction of sp³-hybridized carbons (Fsp3) is 0.647. The number of hydrogen-bond acceptors (Lipinski definition) is 5. The first-order valence-electron chi connectivity index (χ1n) is 8.18. The number of aromatic nitrogens is 1. The summed E-state index contributed by atoms with van der Waals surface area (Å²) in [5.41, 5.74) is 1.62. The van der Waals surface area contributed by atoms with Gasteiger partial charge in [-0.25, -0.2) is 4.98 Å². The molecule has 0 atom stereocenters. The van der Waals surface area contributed by atoms with Crippen LogP contribution < -0.4 is 4.90 Å². The van der Waals surface area contributed by atoms with Crippen LogP contribution >= 0.6 is 0 Å². The lowest BCUT2D eigenvalue weighted by atomic mass is 9.99. The molecule has 2 fully saturated rings. The Labute approximate surface area is 132 Å². The van der Waals surface area contributed by atoms with Crippen LogP contribution in [0, 0.1) is 24.2 Å². The van der Waals surface area contributed by atoms with Crippen LogP contribution in [0.15, 0.2) is 12.1 Å². The molecule has 3 rings (SSSR count). The third-order valence-electron chi connectivity index (χ3n) is 4.62. The number of nitrogens with zero attached hydrogens (tertiary/aromatic N) is 4. The summed E-state index contributed by atoms with van der Waals surface area (Å²) in [6.45, 7) is 9.13.